The number of nitrogens with one attached hydrogen (secondary N) is 1. The molecule has 0 aromatic heterocycles. The molecule has 0 bridgehead atoms. The highest BCUT2D eigenvalue weighted by atomic mass is 16.5. The van der Waals surface area contributed by atoms with Crippen molar-refractivity contribution in [1.29, 1.82) is 0 Å². The third-order valence-electron chi connectivity index (χ3n) is 1.82. The summed E-state index contributed by atoms with van der Waals surface area (Å²) in [6.45, 7) is 2.29. The Hall–Kier alpha value is -1.40. The highest BCUT2D eigenvalue weighted by molar-refractivity contribution is 5.93. The highest BCUT2D eigenvalue weighted by Gasteiger charge is 1.96. The molecule has 0 atom stereocenters. The molecule has 0 radical (unpaired) electrons. The molecule has 98 valence electrons. The van der Waals surface area contributed by atoms with Gasteiger partial charge in [-0.15, -0.1) is 0 Å². The van der Waals surface area contributed by atoms with E-state index in [0.717, 1.165) is 25.0 Å². The first-order valence-corrected chi connectivity index (χ1v) is 5.42. The van der Waals surface area contributed by atoms with Crippen molar-refractivity contribution in [2.24, 2.45) is 0 Å². The minimum Gasteiger partial charge on any atom is -0.478 e. The van der Waals surface area contributed by atoms with Crippen LogP contribution in [0.5, 0.6) is 0 Å². The smallest absolute Gasteiger partial charge is 0.328 e. The Kier molecular flexibility index (Phi) is 10.2. The van der Waals surface area contributed by atoms with Crippen molar-refractivity contribution in [2.75, 3.05) is 33.5 Å². The SMILES string of the molecule is COCCOCCCCNC(=O)/C=C/C(=O)O. The molecule has 0 heterocycles. The van der Waals surface area contributed by atoms with Gasteiger partial charge >= 0.3 is 5.97 Å². The standard InChI is InChI=1S/C11H19NO5/c1-16-8-9-17-7-3-2-6-12-10(13)4-5-11(14)15/h4-5H,2-3,6-9H2,1H3,(H,12,13)(H,14,15)/b5-4+. The molecule has 0 aliphatic heterocycles. The fourth-order valence-corrected chi connectivity index (χ4v) is 0.991. The van der Waals surface area contributed by atoms with Crippen molar-refractivity contribution in [3.63, 3.8) is 0 Å². The number of ether oxygens (including phenoxy) is 2. The lowest BCUT2D eigenvalue weighted by molar-refractivity contribution is -0.131. The minimum absolute atomic E-state index is 0.396. The fraction of sp³-hybridized carbons (Fsp3) is 0.636. The maximum atomic E-state index is 11.0. The predicted molar refractivity (Wildman–Crippen MR) is 61.7 cm³/mol. The number of hydrogen-bond acceptors (Lipinski definition) is 4. The number of carbonyl (C=O) groups excluding carboxylic acids is 1. The van der Waals surface area contributed by atoms with E-state index in [4.69, 9.17) is 14.6 Å². The number of amides is 1. The average Bonchev–Trinajstić information content (AvgIpc) is 2.30. The summed E-state index contributed by atoms with van der Waals surface area (Å²) in [5, 5.41) is 10.9. The molecular formula is C11H19NO5. The Morgan fingerprint density at radius 3 is 2.59 bits per heavy atom. The first-order valence-electron chi connectivity index (χ1n) is 5.42. The van der Waals surface area contributed by atoms with E-state index in [2.05, 4.69) is 5.32 Å². The monoisotopic (exact) mass is 245 g/mol. The maximum Gasteiger partial charge on any atom is 0.328 e. The Bertz CT molecular complexity index is 252. The third kappa shape index (κ3) is 12.5. The van der Waals surface area contributed by atoms with Gasteiger partial charge in [-0.2, -0.15) is 0 Å². The van der Waals surface area contributed by atoms with Gasteiger partial charge < -0.3 is 19.9 Å². The van der Waals surface area contributed by atoms with E-state index in [1.807, 2.05) is 0 Å². The van der Waals surface area contributed by atoms with Crippen LogP contribution in [0.2, 0.25) is 0 Å². The molecule has 17 heavy (non-hydrogen) atoms. The second kappa shape index (κ2) is 11.1. The molecule has 6 heteroatoms. The van der Waals surface area contributed by atoms with E-state index in [0.29, 0.717) is 26.4 Å². The van der Waals surface area contributed by atoms with Crippen LogP contribution in [0.15, 0.2) is 12.2 Å². The summed E-state index contributed by atoms with van der Waals surface area (Å²) in [7, 11) is 1.61. The van der Waals surface area contributed by atoms with Gasteiger partial charge in [-0.25, -0.2) is 4.79 Å². The van der Waals surface area contributed by atoms with Crippen molar-refractivity contribution in [3.8, 4) is 0 Å². The van der Waals surface area contributed by atoms with Gasteiger partial charge in [0.1, 0.15) is 0 Å². The molecule has 0 rings (SSSR count). The van der Waals surface area contributed by atoms with Crippen LogP contribution >= 0.6 is 0 Å². The second-order valence-electron chi connectivity index (χ2n) is 3.27. The number of carbonyl (C=O) groups is 2. The molecule has 0 saturated heterocycles. The number of rotatable bonds is 10. The van der Waals surface area contributed by atoms with Crippen LogP contribution in [0.25, 0.3) is 0 Å². The summed E-state index contributed by atoms with van der Waals surface area (Å²) < 4.78 is 10.0. The molecule has 0 aromatic rings. The second-order valence-corrected chi connectivity index (χ2v) is 3.27. The summed E-state index contributed by atoms with van der Waals surface area (Å²) in [4.78, 5) is 21.1. The number of unbranched alkanes of at least 4 members (excludes halogenated alkanes) is 1. The number of carboxylic acids is 1. The Morgan fingerprint density at radius 1 is 1.18 bits per heavy atom. The molecule has 0 spiro atoms. The van der Waals surface area contributed by atoms with Crippen LogP contribution in [-0.4, -0.2) is 50.5 Å². The van der Waals surface area contributed by atoms with Crippen molar-refractivity contribution in [1.82, 2.24) is 5.32 Å². The lowest BCUT2D eigenvalue weighted by Crippen LogP contribution is -2.22. The number of aliphatic carboxylic acids is 1. The Balaban J connectivity index is 3.28. The van der Waals surface area contributed by atoms with E-state index in [1.165, 1.54) is 0 Å². The molecule has 0 unspecified atom stereocenters. The van der Waals surface area contributed by atoms with E-state index in [-0.39, 0.29) is 0 Å². The Morgan fingerprint density at radius 2 is 1.94 bits per heavy atom. The van der Waals surface area contributed by atoms with Gasteiger partial charge in [-0.05, 0) is 12.8 Å². The van der Waals surface area contributed by atoms with Crippen molar-refractivity contribution < 1.29 is 24.2 Å². The van der Waals surface area contributed by atoms with Gasteiger partial charge in [-0.1, -0.05) is 0 Å². The molecule has 0 fully saturated rings. The van der Waals surface area contributed by atoms with Crippen molar-refractivity contribution in [2.45, 2.75) is 12.8 Å². The summed E-state index contributed by atoms with van der Waals surface area (Å²) in [5.41, 5.74) is 0. The zero-order valence-electron chi connectivity index (χ0n) is 9.98. The highest BCUT2D eigenvalue weighted by Crippen LogP contribution is 1.89. The van der Waals surface area contributed by atoms with E-state index in [1.54, 1.807) is 7.11 Å². The summed E-state index contributed by atoms with van der Waals surface area (Å²) in [6.07, 6.45) is 3.44. The number of methoxy groups -OCH3 is 1. The molecule has 0 saturated carbocycles. The normalized spacial score (nSPS) is 10.6. The molecule has 2 N–H and O–H groups in total. The fourth-order valence-electron chi connectivity index (χ4n) is 0.991. The predicted octanol–water partition coefficient (Wildman–Crippen LogP) is 0.187. The van der Waals surface area contributed by atoms with Crippen LogP contribution in [0.1, 0.15) is 12.8 Å². The average molecular weight is 245 g/mol. The first-order chi connectivity index (χ1) is 8.16. The molecule has 0 aliphatic rings. The number of carboxylic acid groups (broad SMARTS) is 1. The van der Waals surface area contributed by atoms with Gasteiger partial charge in [0.2, 0.25) is 5.91 Å². The summed E-state index contributed by atoms with van der Waals surface area (Å²) in [6, 6.07) is 0. The lowest BCUT2D eigenvalue weighted by atomic mass is 10.3. The summed E-state index contributed by atoms with van der Waals surface area (Å²) in [5.74, 6) is -1.53. The quantitative estimate of drug-likeness (QED) is 0.424. The topological polar surface area (TPSA) is 84.9 Å². The minimum atomic E-state index is -1.13. The molecule has 0 aliphatic carbocycles. The zero-order valence-corrected chi connectivity index (χ0v) is 9.98. The zero-order chi connectivity index (χ0) is 12.9. The van der Waals surface area contributed by atoms with E-state index in [9.17, 15) is 9.59 Å². The van der Waals surface area contributed by atoms with E-state index >= 15 is 0 Å². The van der Waals surface area contributed by atoms with E-state index < -0.39 is 11.9 Å². The van der Waals surface area contributed by atoms with Crippen molar-refractivity contribution in [3.05, 3.63) is 12.2 Å². The molecular weight excluding hydrogens is 226 g/mol. The first kappa shape index (κ1) is 15.6. The molecule has 1 amide bonds. The third-order valence-corrected chi connectivity index (χ3v) is 1.82. The van der Waals surface area contributed by atoms with Crippen LogP contribution in [0.4, 0.5) is 0 Å². The number of hydrogen-bond donors (Lipinski definition) is 2. The molecule has 6 nitrogen and oxygen atoms in total. The lowest BCUT2D eigenvalue weighted by Gasteiger charge is -2.04. The van der Waals surface area contributed by atoms with Crippen LogP contribution in [-0.2, 0) is 19.1 Å². The van der Waals surface area contributed by atoms with Crippen LogP contribution in [0.3, 0.4) is 0 Å². The Labute approximate surface area is 101 Å². The maximum absolute atomic E-state index is 11.0. The van der Waals surface area contributed by atoms with Gasteiger partial charge in [0.25, 0.3) is 0 Å². The van der Waals surface area contributed by atoms with Crippen molar-refractivity contribution >= 4 is 11.9 Å². The van der Waals surface area contributed by atoms with Gasteiger partial charge in [0.15, 0.2) is 0 Å². The molecule has 0 aromatic carbocycles. The largest absolute Gasteiger partial charge is 0.478 e. The van der Waals surface area contributed by atoms with Crippen LogP contribution in [0, 0.1) is 0 Å². The van der Waals surface area contributed by atoms with Gasteiger partial charge in [0, 0.05) is 32.4 Å². The van der Waals surface area contributed by atoms with Gasteiger partial charge in [0.05, 0.1) is 13.2 Å². The van der Waals surface area contributed by atoms with Gasteiger partial charge in [-0.3, -0.25) is 4.79 Å². The summed E-state index contributed by atoms with van der Waals surface area (Å²) >= 11 is 0. The van der Waals surface area contributed by atoms with Crippen LogP contribution < -0.4 is 5.32 Å².